The molecule has 0 unspecified atom stereocenters. The molecule has 4 rings (SSSR count). The van der Waals surface area contributed by atoms with E-state index in [2.05, 4.69) is 15.5 Å². The van der Waals surface area contributed by atoms with Crippen LogP contribution in [-0.4, -0.2) is 47.4 Å². The predicted molar refractivity (Wildman–Crippen MR) is 96.3 cm³/mol. The van der Waals surface area contributed by atoms with Crippen molar-refractivity contribution in [1.82, 2.24) is 15.0 Å². The number of urea groups is 1. The van der Waals surface area contributed by atoms with Crippen LogP contribution in [-0.2, 0) is 4.74 Å². The molecule has 9 heteroatoms. The predicted octanol–water partition coefficient (Wildman–Crippen LogP) is 3.60. The fourth-order valence-corrected chi connectivity index (χ4v) is 4.17. The number of halogens is 2. The Hall–Kier alpha value is -2.19. The number of anilines is 1. The molecule has 0 saturated carbocycles. The zero-order valence-corrected chi connectivity index (χ0v) is 15.6. The van der Waals surface area contributed by atoms with Gasteiger partial charge in [0.05, 0.1) is 16.6 Å². The van der Waals surface area contributed by atoms with Gasteiger partial charge >= 0.3 is 6.03 Å². The van der Waals surface area contributed by atoms with Crippen molar-refractivity contribution >= 4 is 23.3 Å². The summed E-state index contributed by atoms with van der Waals surface area (Å²) in [4.78, 5) is 18.9. The van der Waals surface area contributed by atoms with E-state index in [1.807, 2.05) is 0 Å². The third-order valence-corrected chi connectivity index (χ3v) is 5.75. The van der Waals surface area contributed by atoms with Gasteiger partial charge in [0.15, 0.2) is 11.6 Å². The summed E-state index contributed by atoms with van der Waals surface area (Å²) in [5, 5.41) is 6.49. The summed E-state index contributed by atoms with van der Waals surface area (Å²) in [5.41, 5.74) is -0.118. The number of ether oxygens (including phenoxy) is 1. The summed E-state index contributed by atoms with van der Waals surface area (Å²) in [5.74, 6) is 0.392. The third kappa shape index (κ3) is 3.39. The van der Waals surface area contributed by atoms with Gasteiger partial charge in [0.2, 0.25) is 5.89 Å². The molecule has 3 heterocycles. The largest absolute Gasteiger partial charge is 0.381 e. The number of likely N-dealkylation sites (tertiary alicyclic amines) is 1. The molecule has 1 N–H and O–H groups in total. The lowest BCUT2D eigenvalue weighted by atomic mass is 9.72. The number of carbonyl (C=O) groups is 1. The molecular weight excluding hydrogens is 375 g/mol. The summed E-state index contributed by atoms with van der Waals surface area (Å²) in [6.07, 6.45) is 1.60. The van der Waals surface area contributed by atoms with E-state index in [1.165, 1.54) is 12.1 Å². The molecule has 0 radical (unpaired) electrons. The monoisotopic (exact) mass is 394 g/mol. The second-order valence-corrected chi connectivity index (χ2v) is 7.53. The van der Waals surface area contributed by atoms with E-state index in [9.17, 15) is 9.18 Å². The van der Waals surface area contributed by atoms with E-state index in [0.29, 0.717) is 38.0 Å². The van der Waals surface area contributed by atoms with Gasteiger partial charge in [0, 0.05) is 31.7 Å². The summed E-state index contributed by atoms with van der Waals surface area (Å²) >= 11 is 5.80. The first-order valence-corrected chi connectivity index (χ1v) is 9.24. The van der Waals surface area contributed by atoms with E-state index in [0.717, 1.165) is 12.8 Å². The van der Waals surface area contributed by atoms with Crippen LogP contribution in [0.4, 0.5) is 14.9 Å². The summed E-state index contributed by atoms with van der Waals surface area (Å²) in [7, 11) is 0. The lowest BCUT2D eigenvalue weighted by Gasteiger charge is -2.36. The van der Waals surface area contributed by atoms with Crippen LogP contribution in [0, 0.1) is 18.2 Å². The molecule has 2 fully saturated rings. The molecule has 1 aromatic heterocycles. The first-order valence-electron chi connectivity index (χ1n) is 8.86. The van der Waals surface area contributed by atoms with Crippen molar-refractivity contribution in [3.63, 3.8) is 0 Å². The van der Waals surface area contributed by atoms with Gasteiger partial charge in [0.25, 0.3) is 0 Å². The molecule has 1 aromatic carbocycles. The van der Waals surface area contributed by atoms with Crippen LogP contribution in [0.3, 0.4) is 0 Å². The van der Waals surface area contributed by atoms with Crippen molar-refractivity contribution in [1.29, 1.82) is 0 Å². The van der Waals surface area contributed by atoms with Crippen LogP contribution in [0.2, 0.25) is 5.02 Å². The van der Waals surface area contributed by atoms with Gasteiger partial charge in [-0.25, -0.2) is 9.18 Å². The van der Waals surface area contributed by atoms with Gasteiger partial charge in [0.1, 0.15) is 0 Å². The maximum Gasteiger partial charge on any atom is 0.321 e. The van der Waals surface area contributed by atoms with Crippen molar-refractivity contribution < 1.29 is 18.4 Å². The second-order valence-electron chi connectivity index (χ2n) is 7.12. The average molecular weight is 395 g/mol. The fraction of sp³-hybridized carbons (Fsp3) is 0.500. The number of amides is 2. The van der Waals surface area contributed by atoms with E-state index >= 15 is 0 Å². The quantitative estimate of drug-likeness (QED) is 0.841. The van der Waals surface area contributed by atoms with Crippen LogP contribution in [0.5, 0.6) is 0 Å². The average Bonchev–Trinajstić information content (AvgIpc) is 3.23. The highest BCUT2D eigenvalue weighted by Gasteiger charge is 2.51. The normalized spacial score (nSPS) is 21.6. The zero-order chi connectivity index (χ0) is 19.0. The number of benzene rings is 1. The second kappa shape index (κ2) is 7.09. The summed E-state index contributed by atoms with van der Waals surface area (Å²) in [6, 6.07) is 4.14. The molecule has 2 aliphatic rings. The highest BCUT2D eigenvalue weighted by molar-refractivity contribution is 6.31. The minimum Gasteiger partial charge on any atom is -0.381 e. The standard InChI is InChI=1S/C18H20ClFN4O3/c1-11-21-16(27-23-11)12-9-24(10-18(12)5-7-26-8-6-18)17(25)22-14-4-2-3-13(19)15(14)20/h2-4,12H,5-10H2,1H3,(H,22,25)/t12-/m0/s1. The molecule has 2 saturated heterocycles. The Morgan fingerprint density at radius 3 is 2.89 bits per heavy atom. The Labute approximate surface area is 160 Å². The third-order valence-electron chi connectivity index (χ3n) is 5.46. The highest BCUT2D eigenvalue weighted by Crippen LogP contribution is 2.49. The number of rotatable bonds is 2. The van der Waals surface area contributed by atoms with Gasteiger partial charge in [-0.1, -0.05) is 22.8 Å². The van der Waals surface area contributed by atoms with E-state index < -0.39 is 5.82 Å². The minimum absolute atomic E-state index is 0.0330. The van der Waals surface area contributed by atoms with Crippen LogP contribution >= 0.6 is 11.6 Å². The maximum absolute atomic E-state index is 14.1. The lowest BCUT2D eigenvalue weighted by Crippen LogP contribution is -2.38. The van der Waals surface area contributed by atoms with Gasteiger partial charge in [-0.15, -0.1) is 0 Å². The molecule has 144 valence electrons. The first-order chi connectivity index (χ1) is 13.0. The van der Waals surface area contributed by atoms with Crippen molar-refractivity contribution in [2.45, 2.75) is 25.7 Å². The lowest BCUT2D eigenvalue weighted by molar-refractivity contribution is 0.00959. The zero-order valence-electron chi connectivity index (χ0n) is 14.9. The summed E-state index contributed by atoms with van der Waals surface area (Å²) < 4.78 is 25.1. The number of carbonyl (C=O) groups excluding carboxylic acids is 1. The first kappa shape index (κ1) is 18.2. The molecule has 0 bridgehead atoms. The number of aryl methyl sites for hydroxylation is 1. The Morgan fingerprint density at radius 1 is 1.41 bits per heavy atom. The Bertz CT molecular complexity index is 853. The minimum atomic E-state index is -0.642. The molecule has 27 heavy (non-hydrogen) atoms. The number of hydrogen-bond donors (Lipinski definition) is 1. The molecule has 0 aliphatic carbocycles. The Morgan fingerprint density at radius 2 is 2.19 bits per heavy atom. The van der Waals surface area contributed by atoms with E-state index in [-0.39, 0.29) is 28.1 Å². The summed E-state index contributed by atoms with van der Waals surface area (Å²) in [6.45, 7) is 3.97. The molecule has 2 aromatic rings. The van der Waals surface area contributed by atoms with E-state index in [1.54, 1.807) is 17.9 Å². The van der Waals surface area contributed by atoms with E-state index in [4.69, 9.17) is 20.9 Å². The SMILES string of the molecule is Cc1noc([C@@H]2CN(C(=O)Nc3cccc(Cl)c3F)CC23CCOCC3)n1. The Kier molecular flexibility index (Phi) is 4.77. The van der Waals surface area contributed by atoms with Gasteiger partial charge in [-0.05, 0) is 31.9 Å². The smallest absolute Gasteiger partial charge is 0.321 e. The van der Waals surface area contributed by atoms with Crippen LogP contribution in [0.15, 0.2) is 22.7 Å². The Balaban J connectivity index is 1.57. The topological polar surface area (TPSA) is 80.5 Å². The molecular formula is C18H20ClFN4O3. The number of hydrogen-bond acceptors (Lipinski definition) is 5. The van der Waals surface area contributed by atoms with Crippen molar-refractivity contribution in [3.8, 4) is 0 Å². The highest BCUT2D eigenvalue weighted by atomic mass is 35.5. The molecule has 7 nitrogen and oxygen atoms in total. The molecule has 2 amide bonds. The molecule has 1 spiro atoms. The number of aromatic nitrogens is 2. The van der Waals surface area contributed by atoms with Gasteiger partial charge in [-0.2, -0.15) is 4.98 Å². The van der Waals surface area contributed by atoms with Crippen LogP contribution in [0.25, 0.3) is 0 Å². The number of nitrogens with one attached hydrogen (secondary N) is 1. The van der Waals surface area contributed by atoms with Crippen LogP contribution in [0.1, 0.15) is 30.5 Å². The fourth-order valence-electron chi connectivity index (χ4n) is 4.00. The molecule has 2 aliphatic heterocycles. The molecule has 1 atom stereocenters. The maximum atomic E-state index is 14.1. The van der Waals surface area contributed by atoms with Gasteiger partial charge < -0.3 is 19.5 Å². The van der Waals surface area contributed by atoms with Gasteiger partial charge in [-0.3, -0.25) is 0 Å². The number of nitrogens with zero attached hydrogens (tertiary/aromatic N) is 3. The van der Waals surface area contributed by atoms with Crippen molar-refractivity contribution in [2.75, 3.05) is 31.6 Å². The van der Waals surface area contributed by atoms with Crippen molar-refractivity contribution in [3.05, 3.63) is 40.8 Å². The van der Waals surface area contributed by atoms with Crippen molar-refractivity contribution in [2.24, 2.45) is 5.41 Å². The van der Waals surface area contributed by atoms with Crippen LogP contribution < -0.4 is 5.32 Å².